The lowest BCUT2D eigenvalue weighted by atomic mass is 10.2. The highest BCUT2D eigenvalue weighted by molar-refractivity contribution is 7.92. The number of hydrogen-bond donors (Lipinski definition) is 2. The molecule has 0 spiro atoms. The molecule has 2 N–H and O–H groups in total. The van der Waals surface area contributed by atoms with Crippen molar-refractivity contribution in [1.82, 2.24) is 0 Å². The maximum absolute atomic E-state index is 12.9. The highest BCUT2D eigenvalue weighted by Crippen LogP contribution is 2.24. The summed E-state index contributed by atoms with van der Waals surface area (Å²) in [6.45, 7) is 1.45. The lowest BCUT2D eigenvalue weighted by molar-refractivity contribution is -0.118. The van der Waals surface area contributed by atoms with Crippen LogP contribution in [0, 0.1) is 6.92 Å². The number of anilines is 2. The van der Waals surface area contributed by atoms with E-state index in [0.29, 0.717) is 34.2 Å². The van der Waals surface area contributed by atoms with Gasteiger partial charge in [0.25, 0.3) is 15.9 Å². The van der Waals surface area contributed by atoms with E-state index in [1.54, 1.807) is 74.7 Å². The van der Waals surface area contributed by atoms with Crippen molar-refractivity contribution in [3.63, 3.8) is 0 Å². The van der Waals surface area contributed by atoms with E-state index in [-0.39, 0.29) is 11.5 Å². The number of benzene rings is 3. The highest BCUT2D eigenvalue weighted by atomic mass is 32.2. The first-order chi connectivity index (χ1) is 15.3. The Morgan fingerprint density at radius 2 is 1.34 bits per heavy atom. The zero-order chi connectivity index (χ0) is 23.1. The molecule has 32 heavy (non-hydrogen) atoms. The number of sulfonamides is 1. The Morgan fingerprint density at radius 3 is 1.94 bits per heavy atom. The van der Waals surface area contributed by atoms with E-state index in [2.05, 4.69) is 10.0 Å². The molecule has 0 saturated heterocycles. The van der Waals surface area contributed by atoms with Crippen molar-refractivity contribution >= 4 is 27.3 Å². The number of carbonyl (C=O) groups is 1. The van der Waals surface area contributed by atoms with Crippen LogP contribution in [-0.4, -0.2) is 35.2 Å². The molecule has 9 heteroatoms. The molecule has 0 radical (unpaired) electrons. The van der Waals surface area contributed by atoms with Gasteiger partial charge in [-0.05, 0) is 73.2 Å². The molecule has 0 atom stereocenters. The molecule has 1 amide bonds. The van der Waals surface area contributed by atoms with E-state index >= 15 is 0 Å². The van der Waals surface area contributed by atoms with Crippen LogP contribution in [0.2, 0.25) is 0 Å². The van der Waals surface area contributed by atoms with E-state index in [9.17, 15) is 13.2 Å². The van der Waals surface area contributed by atoms with Crippen LogP contribution in [0.4, 0.5) is 11.4 Å². The minimum Gasteiger partial charge on any atom is -0.497 e. The summed E-state index contributed by atoms with van der Waals surface area (Å²) in [5.41, 5.74) is 1.28. The molecule has 0 aliphatic rings. The SMILES string of the molecule is COc1ccc(NS(=O)(=O)c2cc(NC(=O)COc3ccc(OC)cc3)ccc2C)cc1. The van der Waals surface area contributed by atoms with Gasteiger partial charge < -0.3 is 19.5 Å². The van der Waals surface area contributed by atoms with Crippen LogP contribution in [0.5, 0.6) is 17.2 Å². The predicted octanol–water partition coefficient (Wildman–Crippen LogP) is 3.83. The maximum atomic E-state index is 12.9. The standard InChI is InChI=1S/C23H24N2O6S/c1-16-4-5-18(24-23(26)15-31-21-12-10-20(30-3)11-13-21)14-22(16)32(27,28)25-17-6-8-19(29-2)9-7-17/h4-14,25H,15H2,1-3H3,(H,24,26). The zero-order valence-electron chi connectivity index (χ0n) is 17.9. The monoisotopic (exact) mass is 456 g/mol. The molecule has 0 bridgehead atoms. The third-order valence-electron chi connectivity index (χ3n) is 4.53. The number of amides is 1. The van der Waals surface area contributed by atoms with Gasteiger partial charge in [-0.2, -0.15) is 0 Å². The summed E-state index contributed by atoms with van der Waals surface area (Å²) in [7, 11) is -0.776. The van der Waals surface area contributed by atoms with Crippen molar-refractivity contribution < 1.29 is 27.4 Å². The van der Waals surface area contributed by atoms with Crippen LogP contribution in [0.15, 0.2) is 71.6 Å². The third kappa shape index (κ3) is 5.92. The van der Waals surface area contributed by atoms with Crippen molar-refractivity contribution in [2.24, 2.45) is 0 Å². The van der Waals surface area contributed by atoms with Gasteiger partial charge in [-0.1, -0.05) is 6.07 Å². The first-order valence-corrected chi connectivity index (χ1v) is 11.1. The molecular weight excluding hydrogens is 432 g/mol. The summed E-state index contributed by atoms with van der Waals surface area (Å²) in [6.07, 6.45) is 0. The largest absolute Gasteiger partial charge is 0.497 e. The first-order valence-electron chi connectivity index (χ1n) is 9.65. The van der Waals surface area contributed by atoms with Gasteiger partial charge in [0.1, 0.15) is 17.2 Å². The summed E-state index contributed by atoms with van der Waals surface area (Å²) < 4.78 is 43.9. The third-order valence-corrected chi connectivity index (χ3v) is 6.06. The van der Waals surface area contributed by atoms with Crippen LogP contribution < -0.4 is 24.2 Å². The van der Waals surface area contributed by atoms with Crippen LogP contribution in [0.25, 0.3) is 0 Å². The van der Waals surface area contributed by atoms with Crippen LogP contribution in [-0.2, 0) is 14.8 Å². The topological polar surface area (TPSA) is 103 Å². The molecule has 0 saturated carbocycles. The minimum absolute atomic E-state index is 0.0576. The van der Waals surface area contributed by atoms with Gasteiger partial charge in [0, 0.05) is 11.4 Å². The predicted molar refractivity (Wildman–Crippen MR) is 122 cm³/mol. The summed E-state index contributed by atoms with van der Waals surface area (Å²) in [6, 6.07) is 18.0. The molecule has 168 valence electrons. The smallest absolute Gasteiger partial charge is 0.262 e. The van der Waals surface area contributed by atoms with Crippen molar-refractivity contribution in [1.29, 1.82) is 0 Å². The van der Waals surface area contributed by atoms with Crippen molar-refractivity contribution in [3.8, 4) is 17.2 Å². The Bertz CT molecular complexity index is 1180. The Labute approximate surface area is 187 Å². The normalized spacial score (nSPS) is 10.8. The number of carbonyl (C=O) groups excluding carboxylic acids is 1. The van der Waals surface area contributed by atoms with Gasteiger partial charge in [-0.3, -0.25) is 9.52 Å². The molecular formula is C23H24N2O6S. The average molecular weight is 457 g/mol. The molecule has 0 heterocycles. The summed E-state index contributed by atoms with van der Waals surface area (Å²) in [5.74, 6) is 1.39. The van der Waals surface area contributed by atoms with E-state index in [4.69, 9.17) is 14.2 Å². The molecule has 0 aliphatic heterocycles. The maximum Gasteiger partial charge on any atom is 0.262 e. The van der Waals surface area contributed by atoms with Gasteiger partial charge in [0.05, 0.1) is 19.1 Å². The Hall–Kier alpha value is -3.72. The number of rotatable bonds is 9. The second-order valence-electron chi connectivity index (χ2n) is 6.83. The van der Waals surface area contributed by atoms with Crippen molar-refractivity contribution in [2.45, 2.75) is 11.8 Å². The number of methoxy groups -OCH3 is 2. The second-order valence-corrected chi connectivity index (χ2v) is 8.48. The van der Waals surface area contributed by atoms with Gasteiger partial charge >= 0.3 is 0 Å². The lowest BCUT2D eigenvalue weighted by Crippen LogP contribution is -2.21. The number of hydrogen-bond acceptors (Lipinski definition) is 6. The van der Waals surface area contributed by atoms with E-state index < -0.39 is 15.9 Å². The number of aryl methyl sites for hydroxylation is 1. The summed E-state index contributed by atoms with van der Waals surface area (Å²) >= 11 is 0. The van der Waals surface area contributed by atoms with E-state index in [0.717, 1.165) is 0 Å². The molecule has 0 fully saturated rings. The quantitative estimate of drug-likeness (QED) is 0.507. The van der Waals surface area contributed by atoms with Gasteiger partial charge in [-0.25, -0.2) is 8.42 Å². The van der Waals surface area contributed by atoms with Gasteiger partial charge in [0.15, 0.2) is 6.61 Å². The van der Waals surface area contributed by atoms with Crippen molar-refractivity contribution in [3.05, 3.63) is 72.3 Å². The molecule has 3 aromatic rings. The number of nitrogens with one attached hydrogen (secondary N) is 2. The van der Waals surface area contributed by atoms with E-state index in [1.807, 2.05) is 0 Å². The van der Waals surface area contributed by atoms with Crippen LogP contribution in [0.1, 0.15) is 5.56 Å². The number of ether oxygens (including phenoxy) is 3. The van der Waals surface area contributed by atoms with Crippen molar-refractivity contribution in [2.75, 3.05) is 30.9 Å². The van der Waals surface area contributed by atoms with E-state index in [1.165, 1.54) is 13.2 Å². The zero-order valence-corrected chi connectivity index (χ0v) is 18.7. The summed E-state index contributed by atoms with van der Waals surface area (Å²) in [4.78, 5) is 12.3. The Kier molecular flexibility index (Phi) is 7.21. The lowest BCUT2D eigenvalue weighted by Gasteiger charge is -2.13. The minimum atomic E-state index is -3.87. The molecule has 8 nitrogen and oxygen atoms in total. The van der Waals surface area contributed by atoms with Gasteiger partial charge in [0.2, 0.25) is 0 Å². The molecule has 3 aromatic carbocycles. The fourth-order valence-corrected chi connectivity index (χ4v) is 4.18. The van der Waals surface area contributed by atoms with Gasteiger partial charge in [-0.15, -0.1) is 0 Å². The Morgan fingerprint density at radius 1 is 0.812 bits per heavy atom. The Balaban J connectivity index is 1.67. The molecule has 3 rings (SSSR count). The molecule has 0 aromatic heterocycles. The summed E-state index contributed by atoms with van der Waals surface area (Å²) in [5, 5.41) is 2.66. The average Bonchev–Trinajstić information content (AvgIpc) is 2.79. The fourth-order valence-electron chi connectivity index (χ4n) is 2.85. The molecule has 0 unspecified atom stereocenters. The highest BCUT2D eigenvalue weighted by Gasteiger charge is 2.18. The second kappa shape index (κ2) is 10.1. The molecule has 0 aliphatic carbocycles. The van der Waals surface area contributed by atoms with Crippen LogP contribution in [0.3, 0.4) is 0 Å². The van der Waals surface area contributed by atoms with Crippen LogP contribution >= 0.6 is 0 Å². The fraction of sp³-hybridized carbons (Fsp3) is 0.174. The first kappa shape index (κ1) is 23.0.